The van der Waals surface area contributed by atoms with E-state index in [-0.39, 0.29) is 28.6 Å². The Labute approximate surface area is 217 Å². The van der Waals surface area contributed by atoms with Crippen LogP contribution in [0.15, 0.2) is 53.7 Å². The quantitative estimate of drug-likeness (QED) is 0.452. The molecule has 10 nitrogen and oxygen atoms in total. The number of rotatable bonds is 8. The molecule has 1 atom stereocenters. The molecule has 1 saturated heterocycles. The second-order valence-corrected chi connectivity index (χ2v) is 11.2. The number of carbonyl (C=O) groups excluding carboxylic acids is 1. The number of aromatic nitrogens is 3. The first kappa shape index (κ1) is 26.3. The smallest absolute Gasteiger partial charge is 0.281 e. The molecule has 37 heavy (non-hydrogen) atoms. The zero-order chi connectivity index (χ0) is 26.7. The number of nitrogens with two attached hydrogens (primary N) is 1. The van der Waals surface area contributed by atoms with Gasteiger partial charge in [0.05, 0.1) is 17.4 Å². The molecule has 3 aromatic rings. The molecule has 4 rings (SSSR count). The number of pyridine rings is 3. The van der Waals surface area contributed by atoms with Crippen molar-refractivity contribution in [1.29, 1.82) is 0 Å². The summed E-state index contributed by atoms with van der Waals surface area (Å²) in [7, 11) is -4.24. The van der Waals surface area contributed by atoms with Crippen LogP contribution in [0.5, 0.6) is 5.88 Å². The largest absolute Gasteiger partial charge is 0.475 e. The first-order valence-corrected chi connectivity index (χ1v) is 13.7. The summed E-state index contributed by atoms with van der Waals surface area (Å²) in [6.45, 7) is 8.82. The molecule has 0 radical (unpaired) electrons. The lowest BCUT2D eigenvalue weighted by atomic mass is 10.0. The fourth-order valence-electron chi connectivity index (χ4n) is 4.41. The van der Waals surface area contributed by atoms with E-state index in [0.717, 1.165) is 18.4 Å². The summed E-state index contributed by atoms with van der Waals surface area (Å²) in [6.07, 6.45) is 3.58. The highest BCUT2D eigenvalue weighted by Gasteiger charge is 2.32. The van der Waals surface area contributed by atoms with Crippen molar-refractivity contribution >= 4 is 27.6 Å². The SMILES string of the molecule is CC(C)Oc1ccc(-c2ccc(C(=O)NS(=O)(=O)c3cccc(N)n3)c(N3CCCC3C(C)C)n2)cn1. The average molecular weight is 525 g/mol. The number of nitrogens with zero attached hydrogens (tertiary/aromatic N) is 4. The van der Waals surface area contributed by atoms with E-state index in [9.17, 15) is 13.2 Å². The van der Waals surface area contributed by atoms with Crippen LogP contribution in [0.2, 0.25) is 0 Å². The molecule has 0 aromatic carbocycles. The summed E-state index contributed by atoms with van der Waals surface area (Å²) >= 11 is 0. The zero-order valence-electron chi connectivity index (χ0n) is 21.4. The fraction of sp³-hybridized carbons (Fsp3) is 0.385. The average Bonchev–Trinajstić information content (AvgIpc) is 3.34. The predicted molar refractivity (Wildman–Crippen MR) is 142 cm³/mol. The number of hydrogen-bond donors (Lipinski definition) is 2. The number of sulfonamides is 1. The maximum absolute atomic E-state index is 13.3. The third-order valence-electron chi connectivity index (χ3n) is 6.10. The Kier molecular flexibility index (Phi) is 7.63. The second-order valence-electron chi connectivity index (χ2n) is 9.60. The molecule has 1 amide bonds. The highest BCUT2D eigenvalue weighted by atomic mass is 32.2. The molecule has 1 aliphatic rings. The molecule has 1 unspecified atom stereocenters. The van der Waals surface area contributed by atoms with Gasteiger partial charge in [-0.1, -0.05) is 19.9 Å². The van der Waals surface area contributed by atoms with Gasteiger partial charge in [-0.3, -0.25) is 4.79 Å². The first-order valence-electron chi connectivity index (χ1n) is 12.3. The number of anilines is 2. The summed E-state index contributed by atoms with van der Waals surface area (Å²) in [5, 5.41) is -0.331. The van der Waals surface area contributed by atoms with Crippen LogP contribution in [0.1, 0.15) is 50.9 Å². The van der Waals surface area contributed by atoms with Crippen LogP contribution in [-0.2, 0) is 10.0 Å². The van der Waals surface area contributed by atoms with Gasteiger partial charge in [0.15, 0.2) is 5.03 Å². The summed E-state index contributed by atoms with van der Waals surface area (Å²) in [5.41, 5.74) is 7.16. The molecule has 0 aliphatic carbocycles. The molecular weight excluding hydrogens is 492 g/mol. The number of nitrogens with one attached hydrogen (secondary N) is 1. The van der Waals surface area contributed by atoms with Crippen LogP contribution in [0.4, 0.5) is 11.6 Å². The Bertz CT molecular complexity index is 1380. The van der Waals surface area contributed by atoms with Gasteiger partial charge in [0.1, 0.15) is 11.6 Å². The molecule has 196 valence electrons. The second kappa shape index (κ2) is 10.7. The van der Waals surface area contributed by atoms with Crippen LogP contribution in [0.3, 0.4) is 0 Å². The van der Waals surface area contributed by atoms with Gasteiger partial charge in [0, 0.05) is 30.4 Å². The molecule has 0 spiro atoms. The molecule has 1 aliphatic heterocycles. The molecule has 3 N–H and O–H groups in total. The number of amides is 1. The van der Waals surface area contributed by atoms with E-state index in [2.05, 4.69) is 33.4 Å². The fourth-order valence-corrected chi connectivity index (χ4v) is 5.35. The lowest BCUT2D eigenvalue weighted by Crippen LogP contribution is -2.37. The maximum atomic E-state index is 13.3. The number of nitrogen functional groups attached to an aromatic ring is 1. The van der Waals surface area contributed by atoms with Crippen LogP contribution in [-0.4, -0.2) is 48.0 Å². The Morgan fingerprint density at radius 1 is 1.11 bits per heavy atom. The minimum atomic E-state index is -4.24. The van der Waals surface area contributed by atoms with Crippen molar-refractivity contribution in [2.75, 3.05) is 17.2 Å². The van der Waals surface area contributed by atoms with E-state index in [4.69, 9.17) is 15.5 Å². The van der Waals surface area contributed by atoms with Gasteiger partial charge in [0.2, 0.25) is 5.88 Å². The molecule has 0 saturated carbocycles. The maximum Gasteiger partial charge on any atom is 0.281 e. The number of hydrogen-bond acceptors (Lipinski definition) is 9. The van der Waals surface area contributed by atoms with E-state index in [1.54, 1.807) is 24.4 Å². The van der Waals surface area contributed by atoms with Gasteiger partial charge < -0.3 is 15.4 Å². The highest BCUT2D eigenvalue weighted by Crippen LogP contribution is 2.33. The highest BCUT2D eigenvalue weighted by molar-refractivity contribution is 7.90. The molecule has 11 heteroatoms. The topological polar surface area (TPSA) is 140 Å². The summed E-state index contributed by atoms with van der Waals surface area (Å²) in [6, 6.07) is 11.3. The van der Waals surface area contributed by atoms with Gasteiger partial charge >= 0.3 is 0 Å². The molecule has 3 aromatic heterocycles. The van der Waals surface area contributed by atoms with E-state index < -0.39 is 15.9 Å². The zero-order valence-corrected chi connectivity index (χ0v) is 22.2. The van der Waals surface area contributed by atoms with Crippen LogP contribution >= 0.6 is 0 Å². The van der Waals surface area contributed by atoms with E-state index in [1.165, 1.54) is 18.2 Å². The monoisotopic (exact) mass is 524 g/mol. The van der Waals surface area contributed by atoms with Gasteiger partial charge in [-0.15, -0.1) is 0 Å². The summed E-state index contributed by atoms with van der Waals surface area (Å²) < 4.78 is 33.5. The van der Waals surface area contributed by atoms with Crippen LogP contribution in [0, 0.1) is 5.92 Å². The summed E-state index contributed by atoms with van der Waals surface area (Å²) in [4.78, 5) is 28.5. The van der Waals surface area contributed by atoms with Crippen LogP contribution < -0.4 is 20.1 Å². The van der Waals surface area contributed by atoms with Crippen molar-refractivity contribution in [2.24, 2.45) is 5.92 Å². The third-order valence-corrected chi connectivity index (χ3v) is 7.33. The number of ether oxygens (including phenoxy) is 1. The molecule has 4 heterocycles. The van der Waals surface area contributed by atoms with Gasteiger partial charge in [-0.25, -0.2) is 19.7 Å². The normalized spacial score (nSPS) is 15.8. The van der Waals surface area contributed by atoms with E-state index in [1.807, 2.05) is 19.9 Å². The summed E-state index contributed by atoms with van der Waals surface area (Å²) in [5.74, 6) is 0.515. The van der Waals surface area contributed by atoms with E-state index in [0.29, 0.717) is 29.9 Å². The van der Waals surface area contributed by atoms with Gasteiger partial charge in [-0.2, -0.15) is 8.42 Å². The Morgan fingerprint density at radius 3 is 2.54 bits per heavy atom. The van der Waals surface area contributed by atoms with Crippen LogP contribution in [0.25, 0.3) is 11.3 Å². The predicted octanol–water partition coefficient (Wildman–Crippen LogP) is 3.65. The molecular formula is C26H32N6O4S. The minimum Gasteiger partial charge on any atom is -0.475 e. The van der Waals surface area contributed by atoms with E-state index >= 15 is 0 Å². The van der Waals surface area contributed by atoms with Gasteiger partial charge in [0.25, 0.3) is 15.9 Å². The van der Waals surface area contributed by atoms with Crippen molar-refractivity contribution in [2.45, 2.75) is 57.7 Å². The lowest BCUT2D eigenvalue weighted by molar-refractivity contribution is 0.0981. The lowest BCUT2D eigenvalue weighted by Gasteiger charge is -2.30. The number of carbonyl (C=O) groups is 1. The molecule has 0 bridgehead atoms. The Balaban J connectivity index is 1.72. The molecule has 1 fully saturated rings. The van der Waals surface area contributed by atoms with Crippen molar-refractivity contribution in [3.63, 3.8) is 0 Å². The Hall–Kier alpha value is -3.73. The minimum absolute atomic E-state index is 0.00260. The first-order chi connectivity index (χ1) is 17.5. The van der Waals surface area contributed by atoms with Crippen molar-refractivity contribution < 1.29 is 17.9 Å². The Morgan fingerprint density at radius 2 is 1.89 bits per heavy atom. The standard InChI is InChI=1S/C26H32N6O4S/c1-16(2)21-7-6-14-32(21)25-19(26(33)31-37(34,35)24-9-5-8-22(27)30-24)11-12-20(29-25)18-10-13-23(28-15-18)36-17(3)4/h5,8-13,15-17,21H,6-7,14H2,1-4H3,(H2,27,30)(H,31,33). The van der Waals surface area contributed by atoms with Crippen molar-refractivity contribution in [1.82, 2.24) is 19.7 Å². The van der Waals surface area contributed by atoms with Crippen molar-refractivity contribution in [3.05, 3.63) is 54.2 Å². The van der Waals surface area contributed by atoms with Crippen molar-refractivity contribution in [3.8, 4) is 17.1 Å². The van der Waals surface area contributed by atoms with Gasteiger partial charge in [-0.05, 0) is 62.9 Å². The third kappa shape index (κ3) is 5.99.